The Morgan fingerprint density at radius 1 is 1.35 bits per heavy atom. The minimum atomic E-state index is 0.0102. The Labute approximate surface area is 183 Å². The fourth-order valence-corrected chi connectivity index (χ4v) is 5.43. The molecular formula is C22H24N6O2S. The van der Waals surface area contributed by atoms with Gasteiger partial charge >= 0.3 is 0 Å². The summed E-state index contributed by atoms with van der Waals surface area (Å²) in [6.45, 7) is 1.32. The number of anilines is 2. The van der Waals surface area contributed by atoms with Crippen LogP contribution in [0, 0.1) is 5.92 Å². The Balaban J connectivity index is 1.37. The van der Waals surface area contributed by atoms with Gasteiger partial charge in [0.1, 0.15) is 17.0 Å². The average molecular weight is 437 g/mol. The Hall–Kier alpha value is -3.04. The van der Waals surface area contributed by atoms with Crippen molar-refractivity contribution in [2.45, 2.75) is 25.7 Å². The molecule has 1 aliphatic rings. The van der Waals surface area contributed by atoms with E-state index in [1.54, 1.807) is 24.8 Å². The number of aromatic amines is 1. The van der Waals surface area contributed by atoms with E-state index in [-0.39, 0.29) is 11.8 Å². The summed E-state index contributed by atoms with van der Waals surface area (Å²) in [5.74, 6) is 0.959. The molecule has 0 saturated heterocycles. The van der Waals surface area contributed by atoms with Crippen LogP contribution >= 0.6 is 11.3 Å². The lowest BCUT2D eigenvalue weighted by molar-refractivity contribution is -0.125. The van der Waals surface area contributed by atoms with Gasteiger partial charge in [0.05, 0.1) is 17.1 Å². The fraction of sp³-hybridized carbons (Fsp3) is 0.364. The van der Waals surface area contributed by atoms with Crippen LogP contribution in [0.2, 0.25) is 0 Å². The van der Waals surface area contributed by atoms with Gasteiger partial charge in [-0.05, 0) is 49.4 Å². The summed E-state index contributed by atoms with van der Waals surface area (Å²) in [6.07, 6.45) is 6.69. The zero-order chi connectivity index (χ0) is 21.2. The summed E-state index contributed by atoms with van der Waals surface area (Å²) in [4.78, 5) is 23.8. The number of aryl methyl sites for hydroxylation is 1. The van der Waals surface area contributed by atoms with Gasteiger partial charge in [0, 0.05) is 42.1 Å². The van der Waals surface area contributed by atoms with Crippen molar-refractivity contribution in [3.63, 3.8) is 0 Å². The van der Waals surface area contributed by atoms with E-state index in [1.807, 2.05) is 18.3 Å². The number of carbonyl (C=O) groups is 1. The molecule has 3 N–H and O–H groups in total. The summed E-state index contributed by atoms with van der Waals surface area (Å²) in [6, 6.07) is 6.06. The first kappa shape index (κ1) is 19.9. The number of fused-ring (bicyclic) bond motifs is 4. The number of hydrogen-bond donors (Lipinski definition) is 3. The minimum Gasteiger partial charge on any atom is -0.385 e. The summed E-state index contributed by atoms with van der Waals surface area (Å²) < 4.78 is 5.05. The van der Waals surface area contributed by atoms with Gasteiger partial charge in [-0.2, -0.15) is 5.10 Å². The molecule has 4 aromatic rings. The van der Waals surface area contributed by atoms with Gasteiger partial charge in [0.15, 0.2) is 0 Å². The molecule has 1 atom stereocenters. The van der Waals surface area contributed by atoms with E-state index < -0.39 is 0 Å². The van der Waals surface area contributed by atoms with Gasteiger partial charge in [-0.15, -0.1) is 11.3 Å². The number of aromatic nitrogens is 4. The third-order valence-electron chi connectivity index (χ3n) is 5.74. The largest absolute Gasteiger partial charge is 0.385 e. The highest BCUT2D eigenvalue weighted by Crippen LogP contribution is 2.40. The lowest BCUT2D eigenvalue weighted by Crippen LogP contribution is -2.34. The molecule has 1 unspecified atom stereocenters. The van der Waals surface area contributed by atoms with E-state index in [9.17, 15) is 4.79 Å². The Morgan fingerprint density at radius 3 is 3.19 bits per heavy atom. The molecule has 160 valence electrons. The number of ether oxygens (including phenoxy) is 1. The van der Waals surface area contributed by atoms with E-state index in [4.69, 9.17) is 4.74 Å². The first-order valence-electron chi connectivity index (χ1n) is 10.4. The van der Waals surface area contributed by atoms with E-state index in [0.717, 1.165) is 58.3 Å². The molecule has 0 aliphatic heterocycles. The molecular weight excluding hydrogens is 412 g/mol. The van der Waals surface area contributed by atoms with Crippen LogP contribution in [-0.2, 0) is 22.4 Å². The molecule has 3 heterocycles. The number of nitrogens with one attached hydrogen (secondary N) is 3. The highest BCUT2D eigenvalue weighted by molar-refractivity contribution is 7.19. The number of rotatable bonds is 7. The van der Waals surface area contributed by atoms with Crippen LogP contribution in [0.15, 0.2) is 30.7 Å². The highest BCUT2D eigenvalue weighted by atomic mass is 32.1. The van der Waals surface area contributed by atoms with E-state index in [0.29, 0.717) is 13.2 Å². The normalized spacial score (nSPS) is 15.8. The lowest BCUT2D eigenvalue weighted by Gasteiger charge is -2.21. The molecule has 0 spiro atoms. The molecule has 1 amide bonds. The van der Waals surface area contributed by atoms with Crippen molar-refractivity contribution < 1.29 is 9.53 Å². The van der Waals surface area contributed by atoms with Crippen molar-refractivity contribution in [2.75, 3.05) is 25.6 Å². The monoisotopic (exact) mass is 436 g/mol. The summed E-state index contributed by atoms with van der Waals surface area (Å²) >= 11 is 1.68. The van der Waals surface area contributed by atoms with Gasteiger partial charge in [-0.1, -0.05) is 0 Å². The lowest BCUT2D eigenvalue weighted by atomic mass is 9.87. The van der Waals surface area contributed by atoms with Gasteiger partial charge in [-0.3, -0.25) is 9.89 Å². The third-order valence-corrected chi connectivity index (χ3v) is 6.91. The number of nitrogens with zero attached hydrogens (tertiary/aromatic N) is 3. The molecule has 1 aromatic carbocycles. The maximum absolute atomic E-state index is 12.6. The minimum absolute atomic E-state index is 0.0102. The molecule has 0 radical (unpaired) electrons. The van der Waals surface area contributed by atoms with Crippen LogP contribution in [0.3, 0.4) is 0 Å². The van der Waals surface area contributed by atoms with E-state index in [1.165, 1.54) is 10.4 Å². The number of amides is 1. The molecule has 0 fully saturated rings. The molecule has 9 heteroatoms. The topological polar surface area (TPSA) is 105 Å². The van der Waals surface area contributed by atoms with Crippen LogP contribution < -0.4 is 10.6 Å². The van der Waals surface area contributed by atoms with Crippen LogP contribution in [-0.4, -0.2) is 46.3 Å². The second kappa shape index (κ2) is 8.60. The summed E-state index contributed by atoms with van der Waals surface area (Å²) in [5, 5.41) is 15.7. The zero-order valence-corrected chi connectivity index (χ0v) is 18.1. The number of hydrogen-bond acceptors (Lipinski definition) is 7. The van der Waals surface area contributed by atoms with Crippen molar-refractivity contribution in [3.8, 4) is 0 Å². The van der Waals surface area contributed by atoms with Gasteiger partial charge in [0.2, 0.25) is 5.91 Å². The number of thiophene rings is 1. The Kier molecular flexibility index (Phi) is 5.52. The van der Waals surface area contributed by atoms with Crippen LogP contribution in [0.5, 0.6) is 0 Å². The maximum atomic E-state index is 12.6. The van der Waals surface area contributed by atoms with Gasteiger partial charge < -0.3 is 15.4 Å². The van der Waals surface area contributed by atoms with Gasteiger partial charge in [-0.25, -0.2) is 9.97 Å². The second-order valence-corrected chi connectivity index (χ2v) is 8.86. The standard InChI is InChI=1S/C22H24N6O2S/c1-30-8-2-7-23-21(29)13-3-5-16-18(10-13)31-22-19(16)20(24-12-25-22)27-15-4-6-17-14(9-15)11-26-28-17/h4,6,9,11-13H,2-3,5,7-8,10H2,1H3,(H,23,29)(H,26,28)(H,24,25,27). The number of benzene rings is 1. The van der Waals surface area contributed by atoms with Gasteiger partial charge in [0.25, 0.3) is 0 Å². The highest BCUT2D eigenvalue weighted by Gasteiger charge is 2.29. The Morgan fingerprint density at radius 2 is 2.29 bits per heavy atom. The van der Waals surface area contributed by atoms with E-state index >= 15 is 0 Å². The Bertz CT molecular complexity index is 1230. The van der Waals surface area contributed by atoms with Crippen LogP contribution in [0.4, 0.5) is 11.5 Å². The first-order chi connectivity index (χ1) is 15.2. The summed E-state index contributed by atoms with van der Waals surface area (Å²) in [7, 11) is 1.67. The van der Waals surface area contributed by atoms with E-state index in [2.05, 4.69) is 36.9 Å². The molecule has 31 heavy (non-hydrogen) atoms. The maximum Gasteiger partial charge on any atom is 0.223 e. The summed E-state index contributed by atoms with van der Waals surface area (Å²) in [5.41, 5.74) is 3.23. The van der Waals surface area contributed by atoms with Crippen LogP contribution in [0.25, 0.3) is 21.1 Å². The average Bonchev–Trinajstić information content (AvgIpc) is 3.40. The molecule has 1 aliphatic carbocycles. The molecule has 3 aromatic heterocycles. The number of methoxy groups -OCH3 is 1. The quantitative estimate of drug-likeness (QED) is 0.383. The second-order valence-electron chi connectivity index (χ2n) is 7.78. The molecule has 8 nitrogen and oxygen atoms in total. The molecule has 0 bridgehead atoms. The SMILES string of the molecule is COCCCNC(=O)C1CCc2c(sc3ncnc(Nc4ccc5[nH]ncc5c4)c23)C1. The number of H-pyrrole nitrogens is 1. The zero-order valence-electron chi connectivity index (χ0n) is 17.3. The predicted octanol–water partition coefficient (Wildman–Crippen LogP) is 3.57. The van der Waals surface area contributed by atoms with Crippen molar-refractivity contribution >= 4 is 49.9 Å². The van der Waals surface area contributed by atoms with Crippen molar-refractivity contribution in [1.29, 1.82) is 0 Å². The van der Waals surface area contributed by atoms with Crippen LogP contribution in [0.1, 0.15) is 23.3 Å². The molecule has 5 rings (SSSR count). The van der Waals surface area contributed by atoms with Crippen molar-refractivity contribution in [1.82, 2.24) is 25.5 Å². The first-order valence-corrected chi connectivity index (χ1v) is 11.3. The molecule has 0 saturated carbocycles. The smallest absolute Gasteiger partial charge is 0.223 e. The fourth-order valence-electron chi connectivity index (χ4n) is 4.16. The third kappa shape index (κ3) is 3.98. The van der Waals surface area contributed by atoms with Crippen molar-refractivity contribution in [2.24, 2.45) is 5.92 Å². The van der Waals surface area contributed by atoms with Crippen molar-refractivity contribution in [3.05, 3.63) is 41.2 Å². The predicted molar refractivity (Wildman–Crippen MR) is 122 cm³/mol. The number of carbonyl (C=O) groups excluding carboxylic acids is 1.